The van der Waals surface area contributed by atoms with E-state index >= 15 is 0 Å². The molecule has 0 aromatic carbocycles. The maximum absolute atomic E-state index is 10.4. The zero-order valence-electron chi connectivity index (χ0n) is 6.35. The van der Waals surface area contributed by atoms with Gasteiger partial charge < -0.3 is 9.53 Å². The molecule has 0 unspecified atom stereocenters. The number of Topliss-reactive ketones (excluding diaryl/α,β-unsaturated/α-hetero) is 1. The second kappa shape index (κ2) is 5.35. The summed E-state index contributed by atoms with van der Waals surface area (Å²) in [5, 5.41) is 0.540. The van der Waals surface area contributed by atoms with Crippen molar-refractivity contribution in [2.24, 2.45) is 0 Å². The Morgan fingerprint density at radius 2 is 2.10 bits per heavy atom. The molecule has 0 aliphatic carbocycles. The van der Waals surface area contributed by atoms with Crippen LogP contribution in [-0.4, -0.2) is 17.4 Å². The molecular formula is C7H12O2S. The van der Waals surface area contributed by atoms with Crippen molar-refractivity contribution in [3.05, 3.63) is 0 Å². The lowest BCUT2D eigenvalue weighted by Crippen LogP contribution is -2.03. The average molecular weight is 160 g/mol. The largest absolute Gasteiger partial charge is 0.487 e. The topological polar surface area (TPSA) is 26.3 Å². The summed E-state index contributed by atoms with van der Waals surface area (Å²) >= 11 is 4.80. The highest BCUT2D eigenvalue weighted by molar-refractivity contribution is 7.80. The normalized spacial score (nSPS) is 9.00. The maximum atomic E-state index is 10.4. The van der Waals surface area contributed by atoms with E-state index in [2.05, 4.69) is 0 Å². The summed E-state index contributed by atoms with van der Waals surface area (Å²) in [6.45, 7) is 4.02. The molecule has 0 saturated heterocycles. The molecule has 0 aromatic heterocycles. The minimum absolute atomic E-state index is 0.155. The Morgan fingerprint density at radius 3 is 2.50 bits per heavy atom. The molecule has 0 amide bonds. The van der Waals surface area contributed by atoms with Crippen LogP contribution in [0.5, 0.6) is 0 Å². The van der Waals surface area contributed by atoms with Crippen LogP contribution in [0.1, 0.15) is 26.7 Å². The summed E-state index contributed by atoms with van der Waals surface area (Å²) in [6, 6.07) is 0. The van der Waals surface area contributed by atoms with Gasteiger partial charge in [0.15, 0.2) is 5.05 Å². The lowest BCUT2D eigenvalue weighted by molar-refractivity contribution is -0.116. The van der Waals surface area contributed by atoms with Gasteiger partial charge in [-0.2, -0.15) is 0 Å². The Hall–Kier alpha value is -0.440. The first-order valence-corrected chi connectivity index (χ1v) is 3.72. The highest BCUT2D eigenvalue weighted by Crippen LogP contribution is 1.95. The summed E-state index contributed by atoms with van der Waals surface area (Å²) in [4.78, 5) is 10.4. The monoisotopic (exact) mass is 160 g/mol. The van der Waals surface area contributed by atoms with E-state index in [9.17, 15) is 4.79 Å². The van der Waals surface area contributed by atoms with Crippen LogP contribution in [0.2, 0.25) is 0 Å². The van der Waals surface area contributed by atoms with Crippen LogP contribution in [0.3, 0.4) is 0 Å². The fourth-order valence-corrected chi connectivity index (χ4v) is 0.731. The SMILES string of the molecule is CCOC(=S)CCC(C)=O. The number of carbonyl (C=O) groups is 1. The van der Waals surface area contributed by atoms with E-state index < -0.39 is 0 Å². The Balaban J connectivity index is 3.30. The minimum Gasteiger partial charge on any atom is -0.487 e. The van der Waals surface area contributed by atoms with Gasteiger partial charge in [0.2, 0.25) is 0 Å². The van der Waals surface area contributed by atoms with Crippen LogP contribution < -0.4 is 0 Å². The van der Waals surface area contributed by atoms with Gasteiger partial charge in [0, 0.05) is 12.8 Å². The standard InChI is InChI=1S/C7H12O2S/c1-3-9-7(10)5-4-6(2)8/h3-5H2,1-2H3. The second-order valence-electron chi connectivity index (χ2n) is 2.01. The molecule has 0 bridgehead atoms. The van der Waals surface area contributed by atoms with Crippen molar-refractivity contribution in [3.8, 4) is 0 Å². The van der Waals surface area contributed by atoms with E-state index in [1.54, 1.807) is 6.92 Å². The molecule has 0 spiro atoms. The van der Waals surface area contributed by atoms with Crippen LogP contribution in [0.15, 0.2) is 0 Å². The third kappa shape index (κ3) is 5.69. The van der Waals surface area contributed by atoms with Crippen molar-refractivity contribution in [1.29, 1.82) is 0 Å². The lowest BCUT2D eigenvalue weighted by atomic mass is 10.2. The van der Waals surface area contributed by atoms with Gasteiger partial charge in [-0.3, -0.25) is 0 Å². The van der Waals surface area contributed by atoms with Crippen molar-refractivity contribution < 1.29 is 9.53 Å². The van der Waals surface area contributed by atoms with E-state index in [4.69, 9.17) is 17.0 Å². The molecule has 3 heteroatoms. The van der Waals surface area contributed by atoms with Crippen molar-refractivity contribution >= 4 is 23.1 Å². The number of hydrogen-bond acceptors (Lipinski definition) is 3. The predicted molar refractivity (Wildman–Crippen MR) is 44.1 cm³/mol. The van der Waals surface area contributed by atoms with Crippen molar-refractivity contribution in [2.45, 2.75) is 26.7 Å². The van der Waals surface area contributed by atoms with Gasteiger partial charge in [0.1, 0.15) is 5.78 Å². The Labute approximate surface area is 66.6 Å². The molecule has 58 valence electrons. The molecule has 0 aliphatic rings. The van der Waals surface area contributed by atoms with Gasteiger partial charge in [-0.25, -0.2) is 0 Å². The van der Waals surface area contributed by atoms with E-state index in [1.807, 2.05) is 6.92 Å². The quantitative estimate of drug-likeness (QED) is 0.586. The van der Waals surface area contributed by atoms with Gasteiger partial charge in [0.05, 0.1) is 6.61 Å². The molecule has 0 rings (SSSR count). The van der Waals surface area contributed by atoms with Crippen molar-refractivity contribution in [2.75, 3.05) is 6.61 Å². The summed E-state index contributed by atoms with van der Waals surface area (Å²) in [6.07, 6.45) is 1.08. The molecule has 0 fully saturated rings. The number of thiocarbonyl (C=S) groups is 1. The Morgan fingerprint density at radius 1 is 1.50 bits per heavy atom. The van der Waals surface area contributed by atoms with E-state index in [0.717, 1.165) is 0 Å². The molecule has 2 nitrogen and oxygen atoms in total. The summed E-state index contributed by atoms with van der Waals surface area (Å²) in [5.74, 6) is 0.155. The van der Waals surface area contributed by atoms with E-state index in [1.165, 1.54) is 0 Å². The molecule has 0 aromatic rings. The summed E-state index contributed by atoms with van der Waals surface area (Å²) in [7, 11) is 0. The third-order valence-electron chi connectivity index (χ3n) is 0.987. The highest BCUT2D eigenvalue weighted by atomic mass is 32.1. The van der Waals surface area contributed by atoms with Gasteiger partial charge >= 0.3 is 0 Å². The lowest BCUT2D eigenvalue weighted by Gasteiger charge is -2.01. The van der Waals surface area contributed by atoms with Crippen LogP contribution in [0, 0.1) is 0 Å². The highest BCUT2D eigenvalue weighted by Gasteiger charge is 1.98. The molecule has 10 heavy (non-hydrogen) atoms. The number of carbonyl (C=O) groups excluding carboxylic acids is 1. The minimum atomic E-state index is 0.155. The number of rotatable bonds is 4. The van der Waals surface area contributed by atoms with Crippen LogP contribution >= 0.6 is 12.2 Å². The number of hydrogen-bond donors (Lipinski definition) is 0. The van der Waals surface area contributed by atoms with Crippen LogP contribution in [-0.2, 0) is 9.53 Å². The molecule has 0 radical (unpaired) electrons. The third-order valence-corrected chi connectivity index (χ3v) is 1.31. The second-order valence-corrected chi connectivity index (χ2v) is 2.46. The number of ether oxygens (including phenoxy) is 1. The fraction of sp³-hybridized carbons (Fsp3) is 0.714. The first-order chi connectivity index (χ1) is 4.66. The first-order valence-electron chi connectivity index (χ1n) is 3.32. The zero-order chi connectivity index (χ0) is 7.98. The van der Waals surface area contributed by atoms with Crippen LogP contribution in [0.4, 0.5) is 0 Å². The van der Waals surface area contributed by atoms with Gasteiger partial charge in [0.25, 0.3) is 0 Å². The zero-order valence-corrected chi connectivity index (χ0v) is 7.16. The number of ketones is 1. The maximum Gasteiger partial charge on any atom is 0.160 e. The molecular weight excluding hydrogens is 148 g/mol. The Kier molecular flexibility index (Phi) is 5.12. The Bertz CT molecular complexity index is 132. The van der Waals surface area contributed by atoms with Crippen LogP contribution in [0.25, 0.3) is 0 Å². The van der Waals surface area contributed by atoms with Gasteiger partial charge in [-0.05, 0) is 26.1 Å². The summed E-state index contributed by atoms with van der Waals surface area (Å²) < 4.78 is 4.97. The predicted octanol–water partition coefficient (Wildman–Crippen LogP) is 1.72. The molecule has 0 saturated carbocycles. The van der Waals surface area contributed by atoms with Gasteiger partial charge in [-0.1, -0.05) is 0 Å². The molecule has 0 heterocycles. The van der Waals surface area contributed by atoms with E-state index in [-0.39, 0.29) is 5.78 Å². The summed E-state index contributed by atoms with van der Waals surface area (Å²) in [5.41, 5.74) is 0. The fourth-order valence-electron chi connectivity index (χ4n) is 0.511. The first kappa shape index (κ1) is 9.56. The van der Waals surface area contributed by atoms with Crippen molar-refractivity contribution in [3.63, 3.8) is 0 Å². The molecule has 0 atom stereocenters. The van der Waals surface area contributed by atoms with E-state index in [0.29, 0.717) is 24.5 Å². The molecule has 0 aliphatic heterocycles. The van der Waals surface area contributed by atoms with Gasteiger partial charge in [-0.15, -0.1) is 0 Å². The average Bonchev–Trinajstić information content (AvgIpc) is 1.85. The molecule has 0 N–H and O–H groups in total. The smallest absolute Gasteiger partial charge is 0.160 e. The van der Waals surface area contributed by atoms with Crippen molar-refractivity contribution in [1.82, 2.24) is 0 Å².